The zero-order valence-electron chi connectivity index (χ0n) is 29.8. The van der Waals surface area contributed by atoms with Crippen LogP contribution in [0.2, 0.25) is 0 Å². The molecule has 0 spiro atoms. The second-order valence-electron chi connectivity index (χ2n) is 14.1. The molecule has 0 aliphatic carbocycles. The predicted molar refractivity (Wildman–Crippen MR) is 241 cm³/mol. The Kier molecular flexibility index (Phi) is 7.61. The monoisotopic (exact) mass is 735 g/mol. The first-order valence-corrected chi connectivity index (χ1v) is 20.3. The van der Waals surface area contributed by atoms with Crippen molar-refractivity contribution < 1.29 is 0 Å². The highest BCUT2D eigenvalue weighted by atomic mass is 32.1. The Balaban J connectivity index is 1.09. The van der Waals surface area contributed by atoms with E-state index in [1.165, 1.54) is 84.5 Å². The second kappa shape index (κ2) is 13.1. The van der Waals surface area contributed by atoms with Crippen LogP contribution in [0.15, 0.2) is 200 Å². The van der Waals surface area contributed by atoms with Crippen molar-refractivity contribution in [1.82, 2.24) is 0 Å². The van der Waals surface area contributed by atoms with Gasteiger partial charge in [-0.1, -0.05) is 146 Å². The fourth-order valence-electron chi connectivity index (χ4n) is 8.24. The van der Waals surface area contributed by atoms with Crippen molar-refractivity contribution in [2.24, 2.45) is 0 Å². The minimum Gasteiger partial charge on any atom is -0.310 e. The Hall–Kier alpha value is -6.52. The van der Waals surface area contributed by atoms with Gasteiger partial charge in [-0.2, -0.15) is 0 Å². The fourth-order valence-corrected chi connectivity index (χ4v) is 10.5. The minimum absolute atomic E-state index is 1.11. The zero-order chi connectivity index (χ0) is 36.3. The van der Waals surface area contributed by atoms with Crippen molar-refractivity contribution in [2.75, 3.05) is 4.90 Å². The molecule has 0 saturated carbocycles. The molecule has 2 heterocycles. The van der Waals surface area contributed by atoms with Gasteiger partial charge >= 0.3 is 0 Å². The third-order valence-corrected chi connectivity index (χ3v) is 13.1. The summed E-state index contributed by atoms with van der Waals surface area (Å²) in [7, 11) is 0. The van der Waals surface area contributed by atoms with Crippen LogP contribution in [0, 0.1) is 0 Å². The topological polar surface area (TPSA) is 3.24 Å². The summed E-state index contributed by atoms with van der Waals surface area (Å²) in [4.78, 5) is 2.44. The van der Waals surface area contributed by atoms with E-state index in [2.05, 4.69) is 205 Å². The summed E-state index contributed by atoms with van der Waals surface area (Å²) in [5.74, 6) is 0. The molecule has 2 aromatic heterocycles. The number of anilines is 3. The molecule has 0 aliphatic heterocycles. The van der Waals surface area contributed by atoms with Crippen LogP contribution in [0.4, 0.5) is 17.1 Å². The highest BCUT2D eigenvalue weighted by Gasteiger charge is 2.20. The van der Waals surface area contributed by atoms with Crippen molar-refractivity contribution in [2.45, 2.75) is 0 Å². The van der Waals surface area contributed by atoms with Gasteiger partial charge in [0.1, 0.15) is 0 Å². The summed E-state index contributed by atoms with van der Waals surface area (Å²) in [6, 6.07) is 73.6. The summed E-state index contributed by atoms with van der Waals surface area (Å²) in [6.45, 7) is 0. The number of nitrogens with zero attached hydrogens (tertiary/aromatic N) is 1. The standard InChI is InChI=1S/C52H33NS2/c1-2-18-41-34(12-1)13-11-22-42(41)43-19-3-6-23-48(43)53(39-16-9-14-35(30-39)37-26-28-46-44-20-4-7-24-49(44)54-51(46)32-37)40-17-10-15-36(31-40)38-27-29-47-45-21-5-8-25-50(45)55-52(47)33-38/h1-33H. The second-order valence-corrected chi connectivity index (χ2v) is 16.3. The molecule has 11 aromatic rings. The highest BCUT2D eigenvalue weighted by molar-refractivity contribution is 7.26. The maximum absolute atomic E-state index is 2.44. The lowest BCUT2D eigenvalue weighted by Crippen LogP contribution is -2.11. The van der Waals surface area contributed by atoms with Crippen LogP contribution in [-0.2, 0) is 0 Å². The number of para-hydroxylation sites is 1. The van der Waals surface area contributed by atoms with Gasteiger partial charge in [0.25, 0.3) is 0 Å². The summed E-state index contributed by atoms with van der Waals surface area (Å²) in [5, 5.41) is 7.76. The van der Waals surface area contributed by atoms with Gasteiger partial charge in [-0.3, -0.25) is 0 Å². The van der Waals surface area contributed by atoms with Gasteiger partial charge in [0, 0.05) is 57.3 Å². The molecule has 9 aromatic carbocycles. The largest absolute Gasteiger partial charge is 0.310 e. The van der Waals surface area contributed by atoms with E-state index < -0.39 is 0 Å². The number of thiophene rings is 2. The maximum atomic E-state index is 2.44. The number of hydrogen-bond donors (Lipinski definition) is 0. The molecule has 258 valence electrons. The normalized spacial score (nSPS) is 11.6. The number of fused-ring (bicyclic) bond motifs is 7. The van der Waals surface area contributed by atoms with Crippen molar-refractivity contribution in [3.05, 3.63) is 200 Å². The lowest BCUT2D eigenvalue weighted by molar-refractivity contribution is 1.28. The maximum Gasteiger partial charge on any atom is 0.0540 e. The predicted octanol–water partition coefficient (Wildman–Crippen LogP) is 16.0. The first-order chi connectivity index (χ1) is 27.2. The minimum atomic E-state index is 1.11. The Bertz CT molecular complexity index is 3080. The van der Waals surface area contributed by atoms with Gasteiger partial charge in [-0.05, 0) is 93.2 Å². The average molecular weight is 736 g/mol. The van der Waals surface area contributed by atoms with E-state index in [0.29, 0.717) is 0 Å². The zero-order valence-corrected chi connectivity index (χ0v) is 31.4. The van der Waals surface area contributed by atoms with Crippen LogP contribution in [0.25, 0.3) is 84.5 Å². The van der Waals surface area contributed by atoms with Gasteiger partial charge in [0.2, 0.25) is 0 Å². The quantitative estimate of drug-likeness (QED) is 0.164. The van der Waals surface area contributed by atoms with Gasteiger partial charge < -0.3 is 4.90 Å². The van der Waals surface area contributed by atoms with Crippen molar-refractivity contribution in [3.63, 3.8) is 0 Å². The summed E-state index contributed by atoms with van der Waals surface area (Å²) >= 11 is 3.73. The van der Waals surface area contributed by atoms with Crippen LogP contribution in [0.1, 0.15) is 0 Å². The smallest absolute Gasteiger partial charge is 0.0540 e. The molecule has 3 heteroatoms. The SMILES string of the molecule is c1cc(-c2ccc3c(c2)sc2ccccc23)cc(N(c2cccc(-c3ccc4c(c3)sc3ccccc34)c2)c2ccccc2-c2cccc3ccccc23)c1. The Morgan fingerprint density at radius 2 is 0.745 bits per heavy atom. The molecule has 0 bridgehead atoms. The van der Waals surface area contributed by atoms with Gasteiger partial charge in [0.05, 0.1) is 5.69 Å². The van der Waals surface area contributed by atoms with Crippen molar-refractivity contribution in [1.29, 1.82) is 0 Å². The van der Waals surface area contributed by atoms with Crippen molar-refractivity contribution >= 4 is 90.9 Å². The Morgan fingerprint density at radius 1 is 0.291 bits per heavy atom. The number of hydrogen-bond acceptors (Lipinski definition) is 3. The first-order valence-electron chi connectivity index (χ1n) is 18.7. The average Bonchev–Trinajstić information content (AvgIpc) is 3.82. The van der Waals surface area contributed by atoms with E-state index >= 15 is 0 Å². The Morgan fingerprint density at radius 3 is 1.38 bits per heavy atom. The molecule has 0 unspecified atom stereocenters. The molecule has 0 aliphatic rings. The van der Waals surface area contributed by atoms with Crippen LogP contribution in [-0.4, -0.2) is 0 Å². The molecule has 55 heavy (non-hydrogen) atoms. The molecular formula is C52H33NS2. The van der Waals surface area contributed by atoms with Crippen molar-refractivity contribution in [3.8, 4) is 33.4 Å². The van der Waals surface area contributed by atoms with E-state index in [1.807, 2.05) is 22.7 Å². The molecular weight excluding hydrogens is 703 g/mol. The molecule has 11 rings (SSSR count). The third kappa shape index (κ3) is 5.51. The molecule has 0 amide bonds. The molecule has 0 saturated heterocycles. The summed E-state index contributed by atoms with van der Waals surface area (Å²) in [6.07, 6.45) is 0. The first kappa shape index (κ1) is 32.0. The molecule has 0 atom stereocenters. The van der Waals surface area contributed by atoms with E-state index in [0.717, 1.165) is 17.1 Å². The fraction of sp³-hybridized carbons (Fsp3) is 0. The molecule has 0 fully saturated rings. The van der Waals surface area contributed by atoms with Crippen LogP contribution < -0.4 is 4.90 Å². The number of benzene rings is 9. The van der Waals surface area contributed by atoms with Gasteiger partial charge in [0.15, 0.2) is 0 Å². The number of rotatable bonds is 6. The van der Waals surface area contributed by atoms with E-state index in [9.17, 15) is 0 Å². The molecule has 1 nitrogen and oxygen atoms in total. The Labute approximate surface area is 327 Å². The van der Waals surface area contributed by atoms with E-state index in [-0.39, 0.29) is 0 Å². The van der Waals surface area contributed by atoms with Crippen LogP contribution in [0.3, 0.4) is 0 Å². The molecule has 0 radical (unpaired) electrons. The third-order valence-electron chi connectivity index (χ3n) is 10.9. The molecule has 0 N–H and O–H groups in total. The van der Waals surface area contributed by atoms with E-state index in [1.54, 1.807) is 0 Å². The summed E-state index contributed by atoms with van der Waals surface area (Å²) < 4.78 is 5.27. The van der Waals surface area contributed by atoms with E-state index in [4.69, 9.17) is 0 Å². The van der Waals surface area contributed by atoms with Gasteiger partial charge in [-0.15, -0.1) is 22.7 Å². The lowest BCUT2D eigenvalue weighted by Gasteiger charge is -2.29. The highest BCUT2D eigenvalue weighted by Crippen LogP contribution is 2.45. The lowest BCUT2D eigenvalue weighted by atomic mass is 9.95. The summed E-state index contributed by atoms with van der Waals surface area (Å²) in [5.41, 5.74) is 10.6. The van der Waals surface area contributed by atoms with Crippen LogP contribution in [0.5, 0.6) is 0 Å². The van der Waals surface area contributed by atoms with Crippen LogP contribution >= 0.6 is 22.7 Å². The van der Waals surface area contributed by atoms with Gasteiger partial charge in [-0.25, -0.2) is 0 Å².